The second-order valence-corrected chi connectivity index (χ2v) is 8.48. The molecule has 1 aliphatic rings. The van der Waals surface area contributed by atoms with E-state index in [0.29, 0.717) is 28.0 Å². The van der Waals surface area contributed by atoms with Crippen molar-refractivity contribution in [1.29, 1.82) is 0 Å². The van der Waals surface area contributed by atoms with Gasteiger partial charge in [-0.05, 0) is 48.7 Å². The maximum absolute atomic E-state index is 15.0. The predicted molar refractivity (Wildman–Crippen MR) is 107 cm³/mol. The van der Waals surface area contributed by atoms with Crippen LogP contribution >= 0.6 is 23.5 Å². The van der Waals surface area contributed by atoms with Crippen LogP contribution in [0.2, 0.25) is 0 Å². The molecule has 6 heteroatoms. The van der Waals surface area contributed by atoms with E-state index in [-0.39, 0.29) is 12.3 Å². The topological polar surface area (TPSA) is 23.5 Å². The van der Waals surface area contributed by atoms with Crippen molar-refractivity contribution in [3.8, 4) is 5.75 Å². The van der Waals surface area contributed by atoms with Crippen molar-refractivity contribution < 1.29 is 13.9 Å². The van der Waals surface area contributed by atoms with Crippen LogP contribution in [0, 0.1) is 5.92 Å². The molecule has 140 valence electrons. The average molecular weight is 396 g/mol. The number of phenols is 1. The van der Waals surface area contributed by atoms with Crippen molar-refractivity contribution in [2.24, 2.45) is 5.92 Å². The van der Waals surface area contributed by atoms with Gasteiger partial charge in [0.15, 0.2) is 0 Å². The van der Waals surface area contributed by atoms with Crippen molar-refractivity contribution >= 4 is 34.9 Å². The van der Waals surface area contributed by atoms with Crippen molar-refractivity contribution in [2.75, 3.05) is 17.7 Å². The number of fused-ring (bicyclic) bond motifs is 1. The Balaban J connectivity index is 2.11. The minimum Gasteiger partial charge on any atom is -0.507 e. The van der Waals surface area contributed by atoms with E-state index in [1.54, 1.807) is 0 Å². The first-order valence-electron chi connectivity index (χ1n) is 8.76. The number of benzene rings is 2. The number of phenolic OH excluding ortho intramolecular Hbond substituents is 1. The Hall–Kier alpha value is -1.40. The van der Waals surface area contributed by atoms with Crippen LogP contribution in [0.1, 0.15) is 26.2 Å². The Morgan fingerprint density at radius 2 is 2.00 bits per heavy atom. The summed E-state index contributed by atoms with van der Waals surface area (Å²) >= 11 is 1.99. The maximum Gasteiger partial charge on any atom is 0.302 e. The summed E-state index contributed by atoms with van der Waals surface area (Å²) in [5.41, 5.74) is 1.63. The summed E-state index contributed by atoms with van der Waals surface area (Å²) in [6, 6.07) is 13.0. The lowest BCUT2D eigenvalue weighted by Crippen LogP contribution is -2.33. The molecule has 0 saturated carbocycles. The van der Waals surface area contributed by atoms with Crippen LogP contribution in [-0.4, -0.2) is 23.2 Å². The molecule has 2 nitrogen and oxygen atoms in total. The van der Waals surface area contributed by atoms with E-state index in [1.165, 1.54) is 17.8 Å². The van der Waals surface area contributed by atoms with Crippen molar-refractivity contribution in [2.45, 2.75) is 41.2 Å². The van der Waals surface area contributed by atoms with Crippen LogP contribution in [-0.2, 0) is 0 Å². The van der Waals surface area contributed by atoms with Gasteiger partial charge in [0.25, 0.3) is 0 Å². The second-order valence-electron chi connectivity index (χ2n) is 6.44. The Bertz CT molecular complexity index is 755. The zero-order chi connectivity index (χ0) is 18.7. The molecule has 2 aromatic rings. The van der Waals surface area contributed by atoms with Gasteiger partial charge < -0.3 is 10.0 Å². The quantitative estimate of drug-likeness (QED) is 0.565. The van der Waals surface area contributed by atoms with Gasteiger partial charge in [-0.1, -0.05) is 38.0 Å². The number of hydrogen-bond acceptors (Lipinski definition) is 4. The van der Waals surface area contributed by atoms with E-state index in [4.69, 9.17) is 0 Å². The Morgan fingerprint density at radius 1 is 1.27 bits per heavy atom. The molecule has 1 heterocycles. The number of alkyl halides is 2. The standard InChI is InChI=1S/C20H23F2NOS2/c1-3-4-8-14-13-23(15-9-6-5-7-10-15)16-11-19(25-2)17(24)12-18(16)26-20(14,21)22/h5-7,9-12,14,24H,3-4,8,13H2,1-2H3. The summed E-state index contributed by atoms with van der Waals surface area (Å²) in [7, 11) is 0. The van der Waals surface area contributed by atoms with E-state index in [2.05, 4.69) is 0 Å². The molecule has 1 unspecified atom stereocenters. The van der Waals surface area contributed by atoms with Crippen molar-refractivity contribution in [3.63, 3.8) is 0 Å². The first kappa shape index (κ1) is 19.4. The molecule has 0 saturated heterocycles. The number of rotatable bonds is 5. The lowest BCUT2D eigenvalue weighted by atomic mass is 10.0. The molecule has 1 aliphatic heterocycles. The van der Waals surface area contributed by atoms with Gasteiger partial charge in [0.1, 0.15) is 5.75 Å². The summed E-state index contributed by atoms with van der Waals surface area (Å²) < 4.78 is 30.0. The highest BCUT2D eigenvalue weighted by molar-refractivity contribution is 8.00. The number of para-hydroxylation sites is 1. The fourth-order valence-corrected chi connectivity index (χ4v) is 4.81. The third-order valence-electron chi connectivity index (χ3n) is 4.65. The Labute approximate surface area is 162 Å². The molecule has 26 heavy (non-hydrogen) atoms. The molecular formula is C20H23F2NOS2. The van der Waals surface area contributed by atoms with Crippen LogP contribution in [0.5, 0.6) is 5.75 Å². The molecule has 1 atom stereocenters. The number of aromatic hydroxyl groups is 1. The van der Waals surface area contributed by atoms with Crippen LogP contribution in [0.4, 0.5) is 20.2 Å². The molecule has 3 rings (SSSR count). The Kier molecular flexibility index (Phi) is 6.03. The number of hydrogen-bond donors (Lipinski definition) is 1. The highest BCUT2D eigenvalue weighted by Crippen LogP contribution is 2.53. The van der Waals surface area contributed by atoms with Crippen LogP contribution in [0.15, 0.2) is 52.3 Å². The van der Waals surface area contributed by atoms with Crippen LogP contribution in [0.3, 0.4) is 0 Å². The van der Waals surface area contributed by atoms with Gasteiger partial charge >= 0.3 is 5.25 Å². The zero-order valence-corrected chi connectivity index (χ0v) is 16.5. The second kappa shape index (κ2) is 8.09. The highest BCUT2D eigenvalue weighted by Gasteiger charge is 2.44. The molecule has 0 radical (unpaired) electrons. The summed E-state index contributed by atoms with van der Waals surface area (Å²) in [5.74, 6) is -0.695. The third-order valence-corrected chi connectivity index (χ3v) is 6.57. The van der Waals surface area contributed by atoms with E-state index in [1.807, 2.05) is 54.5 Å². The van der Waals surface area contributed by atoms with Gasteiger partial charge in [0.05, 0.1) is 16.5 Å². The number of unbranched alkanes of at least 4 members (excludes halogenated alkanes) is 1. The molecule has 2 aromatic carbocycles. The van der Waals surface area contributed by atoms with Gasteiger partial charge in [-0.2, -0.15) is 8.78 Å². The number of halogens is 2. The zero-order valence-electron chi connectivity index (χ0n) is 14.9. The summed E-state index contributed by atoms with van der Waals surface area (Å²) in [6.07, 6.45) is 4.03. The third kappa shape index (κ3) is 3.96. The van der Waals surface area contributed by atoms with Crippen molar-refractivity contribution in [3.05, 3.63) is 42.5 Å². The lowest BCUT2D eigenvalue weighted by molar-refractivity contribution is 0.0375. The summed E-state index contributed by atoms with van der Waals surface area (Å²) in [6.45, 7) is 2.28. The maximum atomic E-state index is 15.0. The van der Waals surface area contributed by atoms with Gasteiger partial charge in [0, 0.05) is 17.1 Å². The largest absolute Gasteiger partial charge is 0.507 e. The summed E-state index contributed by atoms with van der Waals surface area (Å²) in [4.78, 5) is 3.09. The molecular weight excluding hydrogens is 372 g/mol. The monoisotopic (exact) mass is 395 g/mol. The molecule has 0 amide bonds. The van der Waals surface area contributed by atoms with Crippen LogP contribution < -0.4 is 4.90 Å². The molecule has 0 fully saturated rings. The molecule has 0 spiro atoms. The fraction of sp³-hybridized carbons (Fsp3) is 0.400. The van der Waals surface area contributed by atoms with Gasteiger partial charge in [-0.3, -0.25) is 0 Å². The molecule has 0 aromatic heterocycles. The average Bonchev–Trinajstić information content (AvgIpc) is 2.73. The molecule has 1 N–H and O–H groups in total. The Morgan fingerprint density at radius 3 is 2.65 bits per heavy atom. The molecule has 0 bridgehead atoms. The van der Waals surface area contributed by atoms with Gasteiger partial charge in [-0.15, -0.1) is 11.8 Å². The molecule has 0 aliphatic carbocycles. The van der Waals surface area contributed by atoms with E-state index in [9.17, 15) is 13.9 Å². The van der Waals surface area contributed by atoms with Crippen molar-refractivity contribution in [1.82, 2.24) is 0 Å². The van der Waals surface area contributed by atoms with E-state index >= 15 is 0 Å². The predicted octanol–water partition coefficient (Wildman–Crippen LogP) is 6.76. The van der Waals surface area contributed by atoms with Crippen LogP contribution in [0.25, 0.3) is 0 Å². The summed E-state index contributed by atoms with van der Waals surface area (Å²) in [5, 5.41) is 7.32. The number of thioether (sulfide) groups is 2. The minimum atomic E-state index is -2.87. The van der Waals surface area contributed by atoms with Gasteiger partial charge in [-0.25, -0.2) is 0 Å². The first-order chi connectivity index (χ1) is 12.5. The highest BCUT2D eigenvalue weighted by atomic mass is 32.2. The lowest BCUT2D eigenvalue weighted by Gasteiger charge is -2.29. The number of anilines is 2. The fourth-order valence-electron chi connectivity index (χ4n) is 3.21. The normalized spacial score (nSPS) is 19.1. The van der Waals surface area contributed by atoms with E-state index in [0.717, 1.165) is 24.2 Å². The minimum absolute atomic E-state index is 0.0552. The van der Waals surface area contributed by atoms with Gasteiger partial charge in [0.2, 0.25) is 0 Å². The smallest absolute Gasteiger partial charge is 0.302 e. The van der Waals surface area contributed by atoms with E-state index < -0.39 is 11.2 Å². The number of nitrogens with zero attached hydrogens (tertiary/aromatic N) is 1. The first-order valence-corrected chi connectivity index (χ1v) is 10.8. The SMILES string of the molecule is CCCCC1CN(c2ccccc2)c2cc(SC)c(O)cc2SC1(F)F.